The number of rotatable bonds is 5. The van der Waals surface area contributed by atoms with Crippen LogP contribution in [0.3, 0.4) is 0 Å². The number of aromatic hydroxyl groups is 2. The van der Waals surface area contributed by atoms with E-state index in [0.29, 0.717) is 21.2 Å². The van der Waals surface area contributed by atoms with Crippen LogP contribution in [0.2, 0.25) is 10.0 Å². The highest BCUT2D eigenvalue weighted by Crippen LogP contribution is 2.23. The third-order valence-electron chi connectivity index (χ3n) is 4.82. The van der Waals surface area contributed by atoms with Gasteiger partial charge in [-0.2, -0.15) is 0 Å². The monoisotopic (exact) mass is 690 g/mol. The Hall–Kier alpha value is -3.23. The summed E-state index contributed by atoms with van der Waals surface area (Å²) in [4.78, 5) is 32.9. The first-order chi connectivity index (χ1) is 18.5. The Morgan fingerprint density at radius 3 is 1.67 bits per heavy atom. The minimum absolute atomic E-state index is 0.0284. The van der Waals surface area contributed by atoms with Crippen molar-refractivity contribution in [2.75, 3.05) is 0 Å². The average molecular weight is 693 g/mol. The third-order valence-corrected chi connectivity index (χ3v) is 6.28. The van der Waals surface area contributed by atoms with Crippen LogP contribution in [-0.2, 0) is 0 Å². The van der Waals surface area contributed by atoms with E-state index in [0.717, 1.165) is 20.8 Å². The van der Waals surface area contributed by atoms with Crippen molar-refractivity contribution < 1.29 is 24.6 Å². The number of aldehydes is 1. The molecule has 2 N–H and O–H groups in total. The molecule has 0 saturated carbocycles. The highest BCUT2D eigenvalue weighted by atomic mass is 79.9. The van der Waals surface area contributed by atoms with E-state index in [9.17, 15) is 19.5 Å². The van der Waals surface area contributed by atoms with E-state index < -0.39 is 0 Å². The van der Waals surface area contributed by atoms with Gasteiger partial charge in [-0.3, -0.25) is 14.4 Å². The summed E-state index contributed by atoms with van der Waals surface area (Å²) in [5.74, 6) is -0.410. The van der Waals surface area contributed by atoms with Crippen LogP contribution in [0.25, 0.3) is 6.08 Å². The van der Waals surface area contributed by atoms with Crippen molar-refractivity contribution in [3.8, 4) is 11.5 Å². The fourth-order valence-electron chi connectivity index (χ4n) is 2.95. The first-order valence-corrected chi connectivity index (χ1v) is 13.5. The highest BCUT2D eigenvalue weighted by Gasteiger charge is 2.08. The van der Waals surface area contributed by atoms with E-state index in [-0.39, 0.29) is 28.6 Å². The molecule has 0 unspecified atom stereocenters. The molecule has 0 aliphatic heterocycles. The number of allylic oxidation sites excluding steroid dienone is 1. The molecule has 0 saturated heterocycles. The van der Waals surface area contributed by atoms with Crippen molar-refractivity contribution in [2.24, 2.45) is 0 Å². The maximum atomic E-state index is 12.0. The van der Waals surface area contributed by atoms with Crippen LogP contribution in [0.1, 0.15) is 43.6 Å². The van der Waals surface area contributed by atoms with Gasteiger partial charge in [-0.25, -0.2) is 0 Å². The van der Waals surface area contributed by atoms with Crippen LogP contribution in [0, 0.1) is 0 Å². The van der Waals surface area contributed by atoms with Gasteiger partial charge in [0, 0.05) is 24.6 Å². The zero-order valence-corrected chi connectivity index (χ0v) is 25.1. The summed E-state index contributed by atoms with van der Waals surface area (Å²) in [6, 6.07) is 23.5. The lowest BCUT2D eigenvalue weighted by Crippen LogP contribution is -1.94. The average Bonchev–Trinajstić information content (AvgIpc) is 2.90. The maximum Gasteiger partial charge on any atom is 0.189 e. The van der Waals surface area contributed by atoms with Gasteiger partial charge in [0.15, 0.2) is 11.6 Å². The van der Waals surface area contributed by atoms with Crippen LogP contribution >= 0.6 is 55.1 Å². The molecule has 0 aromatic heterocycles. The van der Waals surface area contributed by atoms with Crippen LogP contribution < -0.4 is 0 Å². The number of phenolic OH excluding ortho intramolecular Hbond substituents is 2. The van der Waals surface area contributed by atoms with Crippen LogP contribution in [0.4, 0.5) is 0 Å². The third kappa shape index (κ3) is 11.2. The molecule has 9 heteroatoms. The van der Waals surface area contributed by atoms with Crippen LogP contribution in [0.5, 0.6) is 11.5 Å². The number of hydrogen-bond acceptors (Lipinski definition) is 5. The van der Waals surface area contributed by atoms with Crippen molar-refractivity contribution in [1.29, 1.82) is 0 Å². The Balaban J connectivity index is 0.000000226. The topological polar surface area (TPSA) is 91.7 Å². The first-order valence-electron chi connectivity index (χ1n) is 11.2. The molecule has 0 fully saturated rings. The summed E-state index contributed by atoms with van der Waals surface area (Å²) in [7, 11) is 0. The van der Waals surface area contributed by atoms with Crippen molar-refractivity contribution in [2.45, 2.75) is 6.92 Å². The zero-order chi connectivity index (χ0) is 28.9. The number of halogens is 4. The van der Waals surface area contributed by atoms with E-state index in [2.05, 4.69) is 31.9 Å². The molecule has 0 spiro atoms. The summed E-state index contributed by atoms with van der Waals surface area (Å²) in [6.07, 6.45) is 3.84. The molecule has 0 amide bonds. The highest BCUT2D eigenvalue weighted by molar-refractivity contribution is 9.10. The van der Waals surface area contributed by atoms with Gasteiger partial charge in [0.25, 0.3) is 0 Å². The van der Waals surface area contributed by atoms with E-state index in [1.165, 1.54) is 25.1 Å². The lowest BCUT2D eigenvalue weighted by molar-refractivity contribution is 0.101. The molecule has 0 aliphatic rings. The molecule has 0 bridgehead atoms. The molecule has 5 nitrogen and oxygen atoms in total. The molecular weight excluding hydrogens is 671 g/mol. The lowest BCUT2D eigenvalue weighted by Gasteiger charge is -2.01. The lowest BCUT2D eigenvalue weighted by atomic mass is 10.1. The number of ketones is 2. The molecule has 0 heterocycles. The van der Waals surface area contributed by atoms with E-state index in [1.807, 2.05) is 12.1 Å². The molecule has 4 aromatic rings. The Bertz CT molecular complexity index is 1500. The van der Waals surface area contributed by atoms with Crippen molar-refractivity contribution in [3.63, 3.8) is 0 Å². The van der Waals surface area contributed by atoms with Gasteiger partial charge >= 0.3 is 0 Å². The zero-order valence-electron chi connectivity index (χ0n) is 20.4. The summed E-state index contributed by atoms with van der Waals surface area (Å²) in [5.41, 5.74) is 2.05. The second-order valence-electron chi connectivity index (χ2n) is 7.80. The normalized spacial score (nSPS) is 10.1. The second kappa shape index (κ2) is 16.0. The summed E-state index contributed by atoms with van der Waals surface area (Å²) < 4.78 is 1.53. The van der Waals surface area contributed by atoms with Crippen LogP contribution in [-0.4, -0.2) is 28.1 Å². The molecule has 39 heavy (non-hydrogen) atoms. The van der Waals surface area contributed by atoms with Gasteiger partial charge in [0.2, 0.25) is 0 Å². The molecule has 200 valence electrons. The minimum atomic E-state index is -0.265. The van der Waals surface area contributed by atoms with Gasteiger partial charge in [-0.1, -0.05) is 85.4 Å². The standard InChI is InChI=1S/C15H10BrClO2.C8H7BrO2.C7H5ClO/c16-11-5-7-15(19)13(9-11)14(18)6-4-10-2-1-3-12(17)8-10;1-5(10)7-4-6(9)2-3-8(7)11;8-7-3-1-2-6(4-7)5-9/h1-9,19H;2-4,11H,1H3;1-5H/b6-4+;;. The van der Waals surface area contributed by atoms with Gasteiger partial charge in [-0.05, 0) is 79.2 Å². The van der Waals surface area contributed by atoms with E-state index in [1.54, 1.807) is 66.7 Å². The van der Waals surface area contributed by atoms with Gasteiger partial charge < -0.3 is 10.2 Å². The minimum Gasteiger partial charge on any atom is -0.507 e. The van der Waals surface area contributed by atoms with Crippen molar-refractivity contribution in [3.05, 3.63) is 132 Å². The Kier molecular flexibility index (Phi) is 13.1. The largest absolute Gasteiger partial charge is 0.507 e. The smallest absolute Gasteiger partial charge is 0.189 e. The summed E-state index contributed by atoms with van der Waals surface area (Å²) in [5, 5.41) is 20.0. The number of hydrogen-bond donors (Lipinski definition) is 2. The molecule has 4 aromatic carbocycles. The predicted octanol–water partition coefficient (Wildman–Crippen LogP) is 9.21. The number of phenols is 2. The Labute approximate surface area is 253 Å². The number of Topliss-reactive ketones (excluding diaryl/α,β-unsaturated/α-hetero) is 1. The van der Waals surface area contributed by atoms with Gasteiger partial charge in [0.05, 0.1) is 11.1 Å². The summed E-state index contributed by atoms with van der Waals surface area (Å²) in [6.45, 7) is 1.42. The van der Waals surface area contributed by atoms with E-state index in [4.69, 9.17) is 28.3 Å². The van der Waals surface area contributed by atoms with Crippen molar-refractivity contribution in [1.82, 2.24) is 0 Å². The van der Waals surface area contributed by atoms with Gasteiger partial charge in [-0.15, -0.1) is 0 Å². The maximum absolute atomic E-state index is 12.0. The molecule has 4 rings (SSSR count). The molecule has 0 atom stereocenters. The van der Waals surface area contributed by atoms with Gasteiger partial charge in [0.1, 0.15) is 17.8 Å². The quantitative estimate of drug-likeness (QED) is 0.124. The fourth-order valence-corrected chi connectivity index (χ4v) is 4.07. The predicted molar refractivity (Wildman–Crippen MR) is 163 cm³/mol. The number of carbonyl (C=O) groups is 3. The SMILES string of the molecule is CC(=O)c1cc(Br)ccc1O.O=C(/C=C/c1cccc(Cl)c1)c1cc(Br)ccc1O.O=Cc1cccc(Cl)c1. The molecular formula is C30H22Br2Cl2O5. The van der Waals surface area contributed by atoms with E-state index >= 15 is 0 Å². The Morgan fingerprint density at radius 1 is 0.718 bits per heavy atom. The van der Waals surface area contributed by atoms with Crippen molar-refractivity contribution >= 4 is 79.0 Å². The molecule has 0 aliphatic carbocycles. The number of benzene rings is 4. The first kappa shape index (κ1) is 32.0. The Morgan fingerprint density at radius 2 is 1.21 bits per heavy atom. The molecule has 0 radical (unpaired) electrons. The van der Waals surface area contributed by atoms with Crippen LogP contribution in [0.15, 0.2) is 100.0 Å². The fraction of sp³-hybridized carbons (Fsp3) is 0.0333. The summed E-state index contributed by atoms with van der Waals surface area (Å²) >= 11 is 17.9. The number of carbonyl (C=O) groups excluding carboxylic acids is 3. The second-order valence-corrected chi connectivity index (χ2v) is 10.5.